The molecule has 6 nitrogen and oxygen atoms in total. The van der Waals surface area contributed by atoms with Gasteiger partial charge in [-0.3, -0.25) is 0 Å². The van der Waals surface area contributed by atoms with Gasteiger partial charge in [-0.2, -0.15) is 0 Å². The second-order valence-corrected chi connectivity index (χ2v) is 5.94. The van der Waals surface area contributed by atoms with Gasteiger partial charge in [-0.1, -0.05) is 35.0 Å². The van der Waals surface area contributed by atoms with Gasteiger partial charge in [0.1, 0.15) is 23.4 Å². The minimum Gasteiger partial charge on any atom is -0.346 e. The van der Waals surface area contributed by atoms with E-state index in [1.807, 2.05) is 23.9 Å². The third kappa shape index (κ3) is 2.56. The molecule has 0 bridgehead atoms. The zero-order valence-electron chi connectivity index (χ0n) is 13.7. The van der Waals surface area contributed by atoms with Crippen molar-refractivity contribution in [1.29, 1.82) is 0 Å². The quantitative estimate of drug-likeness (QED) is 0.627. The molecule has 120 valence electrons. The van der Waals surface area contributed by atoms with Crippen LogP contribution in [0.1, 0.15) is 16.8 Å². The molecular weight excluding hydrogens is 300 g/mol. The molecule has 0 fully saturated rings. The lowest BCUT2D eigenvalue weighted by atomic mass is 10.1. The first kappa shape index (κ1) is 14.6. The average Bonchev–Trinajstić information content (AvgIpc) is 3.21. The molecule has 0 atom stereocenters. The Morgan fingerprint density at radius 3 is 2.67 bits per heavy atom. The number of nitrogens with one attached hydrogen (secondary N) is 1. The smallest absolute Gasteiger partial charge is 0.141 e. The Labute approximate surface area is 139 Å². The lowest BCUT2D eigenvalue weighted by Gasteiger charge is -2.05. The number of H-pyrrole nitrogens is 1. The Morgan fingerprint density at radius 1 is 1.00 bits per heavy atom. The lowest BCUT2D eigenvalue weighted by molar-refractivity contribution is 0.575. The van der Waals surface area contributed by atoms with E-state index in [2.05, 4.69) is 56.5 Å². The van der Waals surface area contributed by atoms with E-state index in [1.165, 1.54) is 11.1 Å². The van der Waals surface area contributed by atoms with Crippen LogP contribution in [0.3, 0.4) is 0 Å². The van der Waals surface area contributed by atoms with Crippen LogP contribution in [0, 0.1) is 13.8 Å². The molecule has 0 saturated heterocycles. The van der Waals surface area contributed by atoms with Crippen LogP contribution >= 0.6 is 0 Å². The lowest BCUT2D eigenvalue weighted by Crippen LogP contribution is -2.05. The fourth-order valence-electron chi connectivity index (χ4n) is 2.84. The second kappa shape index (κ2) is 5.88. The van der Waals surface area contributed by atoms with E-state index in [0.717, 1.165) is 41.1 Å². The number of hydrogen-bond donors (Lipinski definition) is 1. The minimum atomic E-state index is 0.795. The summed E-state index contributed by atoms with van der Waals surface area (Å²) in [7, 11) is 0. The number of nitrogens with zero attached hydrogens (tertiary/aromatic N) is 5. The van der Waals surface area contributed by atoms with Crippen molar-refractivity contribution in [2.75, 3.05) is 0 Å². The highest BCUT2D eigenvalue weighted by atomic mass is 15.4. The molecule has 1 N–H and O–H groups in total. The topological polar surface area (TPSA) is 72.3 Å². The van der Waals surface area contributed by atoms with Gasteiger partial charge in [-0.15, -0.1) is 5.10 Å². The number of rotatable bonds is 4. The van der Waals surface area contributed by atoms with Crippen molar-refractivity contribution in [2.24, 2.45) is 0 Å². The molecule has 3 aromatic heterocycles. The fraction of sp³-hybridized carbons (Fsp3) is 0.222. The Kier molecular flexibility index (Phi) is 3.57. The van der Waals surface area contributed by atoms with Gasteiger partial charge in [-0.25, -0.2) is 14.6 Å². The molecule has 6 heteroatoms. The SMILES string of the molecule is Cc1ccc(CCn2nnc(-c3ncnc4[nH]ccc34)c2C)cc1. The Bertz CT molecular complexity index is 980. The van der Waals surface area contributed by atoms with Gasteiger partial charge in [0.2, 0.25) is 0 Å². The zero-order valence-corrected chi connectivity index (χ0v) is 13.7. The summed E-state index contributed by atoms with van der Waals surface area (Å²) in [6.45, 7) is 4.93. The molecule has 0 aliphatic carbocycles. The number of benzene rings is 1. The zero-order chi connectivity index (χ0) is 16.5. The van der Waals surface area contributed by atoms with E-state index in [9.17, 15) is 0 Å². The maximum atomic E-state index is 4.40. The molecule has 4 rings (SSSR count). The highest BCUT2D eigenvalue weighted by Gasteiger charge is 2.15. The first-order chi connectivity index (χ1) is 11.7. The summed E-state index contributed by atoms with van der Waals surface area (Å²) in [5.41, 5.74) is 6.03. The van der Waals surface area contributed by atoms with Crippen LogP contribution in [0.4, 0.5) is 0 Å². The molecule has 0 saturated carbocycles. The fourth-order valence-corrected chi connectivity index (χ4v) is 2.84. The number of fused-ring (bicyclic) bond motifs is 1. The summed E-state index contributed by atoms with van der Waals surface area (Å²) >= 11 is 0. The van der Waals surface area contributed by atoms with Crippen LogP contribution in [0.25, 0.3) is 22.4 Å². The highest BCUT2D eigenvalue weighted by molar-refractivity contribution is 5.89. The minimum absolute atomic E-state index is 0.795. The normalized spacial score (nSPS) is 11.2. The number of aryl methyl sites for hydroxylation is 3. The molecule has 0 unspecified atom stereocenters. The molecule has 0 spiro atoms. The molecule has 1 aromatic carbocycles. The van der Waals surface area contributed by atoms with Gasteiger partial charge in [0.25, 0.3) is 0 Å². The van der Waals surface area contributed by atoms with E-state index in [4.69, 9.17) is 0 Å². The van der Waals surface area contributed by atoms with Gasteiger partial charge < -0.3 is 4.98 Å². The van der Waals surface area contributed by atoms with Crippen molar-refractivity contribution in [1.82, 2.24) is 29.9 Å². The highest BCUT2D eigenvalue weighted by Crippen LogP contribution is 2.25. The first-order valence-corrected chi connectivity index (χ1v) is 7.96. The van der Waals surface area contributed by atoms with Gasteiger partial charge in [-0.05, 0) is 31.9 Å². The molecule has 24 heavy (non-hydrogen) atoms. The third-order valence-electron chi connectivity index (χ3n) is 4.29. The first-order valence-electron chi connectivity index (χ1n) is 7.96. The number of hydrogen-bond acceptors (Lipinski definition) is 4. The molecule has 0 aliphatic rings. The largest absolute Gasteiger partial charge is 0.346 e. The van der Waals surface area contributed by atoms with Crippen molar-refractivity contribution in [2.45, 2.75) is 26.8 Å². The molecule has 0 amide bonds. The summed E-state index contributed by atoms with van der Waals surface area (Å²) in [5, 5.41) is 9.63. The van der Waals surface area contributed by atoms with Crippen molar-refractivity contribution in [3.63, 3.8) is 0 Å². The summed E-state index contributed by atoms with van der Waals surface area (Å²) in [5.74, 6) is 0. The molecule has 4 aromatic rings. The Morgan fingerprint density at radius 2 is 1.83 bits per heavy atom. The van der Waals surface area contributed by atoms with Gasteiger partial charge in [0.05, 0.1) is 5.69 Å². The maximum Gasteiger partial charge on any atom is 0.141 e. The van der Waals surface area contributed by atoms with Crippen LogP contribution in [0.15, 0.2) is 42.9 Å². The summed E-state index contributed by atoms with van der Waals surface area (Å²) in [6, 6.07) is 10.6. The molecule has 3 heterocycles. The molecular formula is C18H18N6. The summed E-state index contributed by atoms with van der Waals surface area (Å²) in [4.78, 5) is 11.7. The van der Waals surface area contributed by atoms with E-state index < -0.39 is 0 Å². The second-order valence-electron chi connectivity index (χ2n) is 5.94. The van der Waals surface area contributed by atoms with E-state index in [-0.39, 0.29) is 0 Å². The van der Waals surface area contributed by atoms with Crippen molar-refractivity contribution in [3.8, 4) is 11.4 Å². The van der Waals surface area contributed by atoms with Crippen LogP contribution in [-0.4, -0.2) is 29.9 Å². The van der Waals surface area contributed by atoms with Crippen LogP contribution in [0.2, 0.25) is 0 Å². The number of aromatic amines is 1. The monoisotopic (exact) mass is 318 g/mol. The van der Waals surface area contributed by atoms with E-state index in [1.54, 1.807) is 6.33 Å². The summed E-state index contributed by atoms with van der Waals surface area (Å²) in [6.07, 6.45) is 4.34. The van der Waals surface area contributed by atoms with Crippen LogP contribution in [0.5, 0.6) is 0 Å². The van der Waals surface area contributed by atoms with Crippen molar-refractivity contribution in [3.05, 3.63) is 59.7 Å². The number of aromatic nitrogens is 6. The predicted octanol–water partition coefficient (Wildman–Crippen LogP) is 3.08. The van der Waals surface area contributed by atoms with Crippen molar-refractivity contribution < 1.29 is 0 Å². The predicted molar refractivity (Wildman–Crippen MR) is 92.5 cm³/mol. The van der Waals surface area contributed by atoms with E-state index >= 15 is 0 Å². The third-order valence-corrected chi connectivity index (χ3v) is 4.29. The molecule has 0 aliphatic heterocycles. The van der Waals surface area contributed by atoms with Gasteiger partial charge in [0, 0.05) is 18.1 Å². The van der Waals surface area contributed by atoms with Gasteiger partial charge in [0.15, 0.2) is 0 Å². The summed E-state index contributed by atoms with van der Waals surface area (Å²) < 4.78 is 1.94. The maximum absolute atomic E-state index is 4.40. The Hall–Kier alpha value is -3.02. The van der Waals surface area contributed by atoms with Crippen molar-refractivity contribution >= 4 is 11.0 Å². The van der Waals surface area contributed by atoms with Crippen LogP contribution < -0.4 is 0 Å². The standard InChI is InChI=1S/C18H18N6/c1-12-3-5-14(6-4-12)8-10-24-13(2)16(22-23-24)17-15-7-9-19-18(15)21-11-20-17/h3-7,9,11H,8,10H2,1-2H3,(H,19,20,21). The molecule has 0 radical (unpaired) electrons. The van der Waals surface area contributed by atoms with E-state index in [0.29, 0.717) is 0 Å². The average molecular weight is 318 g/mol. The Balaban J connectivity index is 1.61. The van der Waals surface area contributed by atoms with Gasteiger partial charge >= 0.3 is 0 Å². The van der Waals surface area contributed by atoms with Crippen LogP contribution in [-0.2, 0) is 13.0 Å².